The van der Waals surface area contributed by atoms with Crippen molar-refractivity contribution < 1.29 is 0 Å². The van der Waals surface area contributed by atoms with Crippen molar-refractivity contribution in [2.45, 2.75) is 45.8 Å². The van der Waals surface area contributed by atoms with E-state index in [0.29, 0.717) is 6.04 Å². The fraction of sp³-hybridized carbons (Fsp3) is 0.615. The largest absolute Gasteiger partial charge is 0.311 e. The number of hydrogen-bond donors (Lipinski definition) is 2. The Morgan fingerprint density at radius 1 is 1.38 bits per heavy atom. The Labute approximate surface area is 98.7 Å². The molecule has 1 atom stereocenters. The van der Waals surface area contributed by atoms with Crippen LogP contribution in [-0.4, -0.2) is 23.1 Å². The molecule has 0 bridgehead atoms. The van der Waals surface area contributed by atoms with Gasteiger partial charge >= 0.3 is 0 Å². The van der Waals surface area contributed by atoms with Gasteiger partial charge in [-0.25, -0.2) is 0 Å². The van der Waals surface area contributed by atoms with E-state index >= 15 is 0 Å². The Morgan fingerprint density at radius 2 is 2.12 bits per heavy atom. The summed E-state index contributed by atoms with van der Waals surface area (Å²) in [6.45, 7) is 10.6. The first-order valence-electron chi connectivity index (χ1n) is 5.85. The predicted octanol–water partition coefficient (Wildman–Crippen LogP) is 1.95. The van der Waals surface area contributed by atoms with Crippen molar-refractivity contribution in [3.05, 3.63) is 30.1 Å². The minimum atomic E-state index is 0.185. The van der Waals surface area contributed by atoms with Gasteiger partial charge in [0.05, 0.1) is 0 Å². The molecule has 0 saturated heterocycles. The second-order valence-corrected chi connectivity index (χ2v) is 5.27. The molecule has 0 aliphatic heterocycles. The molecule has 0 aliphatic carbocycles. The summed E-state index contributed by atoms with van der Waals surface area (Å²) < 4.78 is 0. The molecule has 1 rings (SSSR count). The van der Waals surface area contributed by atoms with Gasteiger partial charge in [-0.1, -0.05) is 6.07 Å². The molecule has 1 heterocycles. The highest BCUT2D eigenvalue weighted by molar-refractivity contribution is 5.07. The summed E-state index contributed by atoms with van der Waals surface area (Å²) in [7, 11) is 0. The van der Waals surface area contributed by atoms with Gasteiger partial charge < -0.3 is 10.6 Å². The van der Waals surface area contributed by atoms with Crippen molar-refractivity contribution in [3.8, 4) is 0 Å². The number of aromatic nitrogens is 1. The average Bonchev–Trinajstić information content (AvgIpc) is 2.24. The molecule has 0 radical (unpaired) electrons. The van der Waals surface area contributed by atoms with Crippen molar-refractivity contribution in [2.75, 3.05) is 6.54 Å². The molecular weight excluding hydrogens is 198 g/mol. The zero-order valence-corrected chi connectivity index (χ0v) is 10.7. The fourth-order valence-corrected chi connectivity index (χ4v) is 1.33. The predicted molar refractivity (Wildman–Crippen MR) is 68.3 cm³/mol. The van der Waals surface area contributed by atoms with Crippen LogP contribution in [0.25, 0.3) is 0 Å². The van der Waals surface area contributed by atoms with Crippen LogP contribution in [0.2, 0.25) is 0 Å². The molecule has 3 nitrogen and oxygen atoms in total. The molecule has 1 aromatic heterocycles. The van der Waals surface area contributed by atoms with Crippen LogP contribution in [-0.2, 0) is 6.54 Å². The van der Waals surface area contributed by atoms with Crippen molar-refractivity contribution >= 4 is 0 Å². The van der Waals surface area contributed by atoms with Crippen LogP contribution in [0.1, 0.15) is 33.3 Å². The van der Waals surface area contributed by atoms with Crippen LogP contribution < -0.4 is 10.6 Å². The average molecular weight is 221 g/mol. The van der Waals surface area contributed by atoms with E-state index in [1.165, 1.54) is 5.56 Å². The van der Waals surface area contributed by atoms with E-state index in [2.05, 4.69) is 49.4 Å². The molecule has 2 N–H and O–H groups in total. The SMILES string of the molecule is CC(CNC(C)(C)C)NCc1cccnc1. The van der Waals surface area contributed by atoms with Crippen LogP contribution in [0.5, 0.6) is 0 Å². The minimum absolute atomic E-state index is 0.185. The molecule has 0 fully saturated rings. The van der Waals surface area contributed by atoms with E-state index in [9.17, 15) is 0 Å². The molecule has 0 aromatic carbocycles. The summed E-state index contributed by atoms with van der Waals surface area (Å²) in [5, 5.41) is 6.95. The summed E-state index contributed by atoms with van der Waals surface area (Å²) in [6.07, 6.45) is 3.70. The molecule has 1 unspecified atom stereocenters. The topological polar surface area (TPSA) is 37.0 Å². The molecule has 0 aliphatic rings. The number of rotatable bonds is 5. The van der Waals surface area contributed by atoms with Crippen LogP contribution >= 0.6 is 0 Å². The maximum absolute atomic E-state index is 4.09. The van der Waals surface area contributed by atoms with E-state index in [0.717, 1.165) is 13.1 Å². The van der Waals surface area contributed by atoms with Crippen LogP contribution in [0.4, 0.5) is 0 Å². The monoisotopic (exact) mass is 221 g/mol. The van der Waals surface area contributed by atoms with Gasteiger partial charge in [0.1, 0.15) is 0 Å². The highest BCUT2D eigenvalue weighted by atomic mass is 15.0. The van der Waals surface area contributed by atoms with Crippen LogP contribution in [0.15, 0.2) is 24.5 Å². The summed E-state index contributed by atoms with van der Waals surface area (Å²) >= 11 is 0. The highest BCUT2D eigenvalue weighted by Crippen LogP contribution is 1.99. The molecule has 0 amide bonds. The third-order valence-electron chi connectivity index (χ3n) is 2.32. The van der Waals surface area contributed by atoms with Crippen LogP contribution in [0.3, 0.4) is 0 Å². The number of nitrogens with one attached hydrogen (secondary N) is 2. The Balaban J connectivity index is 2.23. The lowest BCUT2D eigenvalue weighted by atomic mass is 10.1. The molecule has 1 aromatic rings. The van der Waals surface area contributed by atoms with Crippen molar-refractivity contribution in [1.82, 2.24) is 15.6 Å². The molecule has 0 spiro atoms. The number of hydrogen-bond acceptors (Lipinski definition) is 3. The lowest BCUT2D eigenvalue weighted by Crippen LogP contribution is -2.44. The maximum atomic E-state index is 4.09. The highest BCUT2D eigenvalue weighted by Gasteiger charge is 2.10. The van der Waals surface area contributed by atoms with Crippen LogP contribution in [0, 0.1) is 0 Å². The van der Waals surface area contributed by atoms with Crippen molar-refractivity contribution in [3.63, 3.8) is 0 Å². The van der Waals surface area contributed by atoms with E-state index in [1.807, 2.05) is 12.3 Å². The zero-order valence-electron chi connectivity index (χ0n) is 10.7. The summed E-state index contributed by atoms with van der Waals surface area (Å²) in [4.78, 5) is 4.09. The number of nitrogens with zero attached hydrogens (tertiary/aromatic N) is 1. The van der Waals surface area contributed by atoms with Gasteiger partial charge in [-0.3, -0.25) is 4.98 Å². The van der Waals surface area contributed by atoms with Gasteiger partial charge in [-0.2, -0.15) is 0 Å². The first-order chi connectivity index (χ1) is 7.47. The molecule has 90 valence electrons. The Hall–Kier alpha value is -0.930. The summed E-state index contributed by atoms with van der Waals surface area (Å²) in [5.74, 6) is 0. The van der Waals surface area contributed by atoms with Gasteiger partial charge in [0.15, 0.2) is 0 Å². The van der Waals surface area contributed by atoms with Gasteiger partial charge in [0.2, 0.25) is 0 Å². The maximum Gasteiger partial charge on any atom is 0.0312 e. The van der Waals surface area contributed by atoms with Crippen molar-refractivity contribution in [1.29, 1.82) is 0 Å². The Morgan fingerprint density at radius 3 is 2.69 bits per heavy atom. The van der Waals surface area contributed by atoms with Gasteiger partial charge in [0.25, 0.3) is 0 Å². The Bertz CT molecular complexity index is 290. The normalized spacial score (nSPS) is 13.8. The van der Waals surface area contributed by atoms with Gasteiger partial charge in [-0.05, 0) is 39.3 Å². The first kappa shape index (κ1) is 13.1. The Kier molecular flexibility index (Phi) is 4.90. The fourth-order valence-electron chi connectivity index (χ4n) is 1.33. The standard InChI is InChI=1S/C13H23N3/c1-11(8-16-13(2,3)4)15-10-12-6-5-7-14-9-12/h5-7,9,11,15-16H,8,10H2,1-4H3. The van der Waals surface area contributed by atoms with E-state index < -0.39 is 0 Å². The number of pyridine rings is 1. The molecule has 0 saturated carbocycles. The smallest absolute Gasteiger partial charge is 0.0312 e. The third-order valence-corrected chi connectivity index (χ3v) is 2.32. The quantitative estimate of drug-likeness (QED) is 0.798. The summed E-state index contributed by atoms with van der Waals surface area (Å²) in [5.41, 5.74) is 1.41. The lowest BCUT2D eigenvalue weighted by molar-refractivity contribution is 0.387. The zero-order chi connectivity index (χ0) is 12.0. The van der Waals surface area contributed by atoms with E-state index in [4.69, 9.17) is 0 Å². The van der Waals surface area contributed by atoms with Gasteiger partial charge in [-0.15, -0.1) is 0 Å². The first-order valence-corrected chi connectivity index (χ1v) is 5.85. The molecule has 16 heavy (non-hydrogen) atoms. The third kappa shape index (κ3) is 5.83. The second-order valence-electron chi connectivity index (χ2n) is 5.27. The minimum Gasteiger partial charge on any atom is -0.311 e. The van der Waals surface area contributed by atoms with E-state index in [-0.39, 0.29) is 5.54 Å². The van der Waals surface area contributed by atoms with E-state index in [1.54, 1.807) is 6.20 Å². The summed E-state index contributed by atoms with van der Waals surface area (Å²) in [6, 6.07) is 4.51. The van der Waals surface area contributed by atoms with Gasteiger partial charge in [0, 0.05) is 37.1 Å². The lowest BCUT2D eigenvalue weighted by Gasteiger charge is -2.24. The molecule has 3 heteroatoms. The van der Waals surface area contributed by atoms with Crippen molar-refractivity contribution in [2.24, 2.45) is 0 Å². The second kappa shape index (κ2) is 5.97. The molecular formula is C13H23N3.